The van der Waals surface area contributed by atoms with Gasteiger partial charge in [-0.15, -0.1) is 0 Å². The van der Waals surface area contributed by atoms with E-state index in [1.54, 1.807) is 18.2 Å². The number of carbonyl (C=O) groups excluding carboxylic acids is 2. The van der Waals surface area contributed by atoms with Crippen LogP contribution in [0.4, 0.5) is 14.5 Å². The maximum absolute atomic E-state index is 13.8. The highest BCUT2D eigenvalue weighted by Crippen LogP contribution is 2.07. The van der Waals surface area contributed by atoms with Crippen LogP contribution in [0.2, 0.25) is 0 Å². The quantitative estimate of drug-likeness (QED) is 0.560. The maximum atomic E-state index is 13.8. The van der Waals surface area contributed by atoms with Crippen LogP contribution in [0.15, 0.2) is 48.5 Å². The lowest BCUT2D eigenvalue weighted by atomic mass is 10.2. The molecule has 1 aliphatic rings. The zero-order valence-electron chi connectivity index (χ0n) is 17.1. The number of hydrogen-bond acceptors (Lipinski definition) is 2. The molecule has 1 atom stereocenters. The SMILES string of the molecule is C[NH+](CC(=O)N1CC[NH+](CC(=O)Nc2ccc(F)cc2)CC1)Cc1ccccc1F. The Bertz CT molecular complexity index is 868. The molecule has 8 heteroatoms. The Balaban J connectivity index is 1.40. The highest BCUT2D eigenvalue weighted by molar-refractivity contribution is 5.91. The van der Waals surface area contributed by atoms with Gasteiger partial charge in [-0.2, -0.15) is 0 Å². The molecule has 1 saturated heterocycles. The molecule has 0 bridgehead atoms. The van der Waals surface area contributed by atoms with Crippen molar-refractivity contribution in [2.75, 3.05) is 51.6 Å². The van der Waals surface area contributed by atoms with E-state index in [0.29, 0.717) is 57.1 Å². The van der Waals surface area contributed by atoms with E-state index in [9.17, 15) is 18.4 Å². The fourth-order valence-corrected chi connectivity index (χ4v) is 3.61. The minimum absolute atomic E-state index is 0.0404. The van der Waals surface area contributed by atoms with Crippen LogP contribution in [0.5, 0.6) is 0 Å². The summed E-state index contributed by atoms with van der Waals surface area (Å²) >= 11 is 0. The fourth-order valence-electron chi connectivity index (χ4n) is 3.61. The standard InChI is InChI=1S/C22H26F2N4O2/c1-26(14-17-4-2-3-5-20(17)24)16-22(30)28-12-10-27(11-13-28)15-21(29)25-19-8-6-18(23)7-9-19/h2-9H,10-16H2,1H3,(H,25,29)/p+2. The number of likely N-dealkylation sites (N-methyl/N-ethyl adjacent to an activating group) is 1. The number of amides is 2. The number of nitrogens with zero attached hydrogens (tertiary/aromatic N) is 1. The highest BCUT2D eigenvalue weighted by atomic mass is 19.1. The number of quaternary nitrogens is 2. The van der Waals surface area contributed by atoms with Crippen LogP contribution < -0.4 is 15.1 Å². The van der Waals surface area contributed by atoms with Crippen LogP contribution in [0, 0.1) is 11.6 Å². The second-order valence-corrected chi connectivity index (χ2v) is 7.76. The molecule has 1 unspecified atom stereocenters. The summed E-state index contributed by atoms with van der Waals surface area (Å²) < 4.78 is 26.7. The van der Waals surface area contributed by atoms with Crippen LogP contribution in [-0.4, -0.2) is 63.0 Å². The molecule has 2 aromatic carbocycles. The molecule has 3 N–H and O–H groups in total. The van der Waals surface area contributed by atoms with Crippen LogP contribution in [0.25, 0.3) is 0 Å². The third kappa shape index (κ3) is 6.33. The lowest BCUT2D eigenvalue weighted by molar-refractivity contribution is -0.896. The predicted octanol–water partition coefficient (Wildman–Crippen LogP) is -0.655. The molecule has 2 amide bonds. The van der Waals surface area contributed by atoms with E-state index in [-0.39, 0.29) is 23.4 Å². The van der Waals surface area contributed by atoms with Gasteiger partial charge < -0.3 is 20.0 Å². The summed E-state index contributed by atoms with van der Waals surface area (Å²) in [5.41, 5.74) is 1.17. The number of anilines is 1. The van der Waals surface area contributed by atoms with Crippen molar-refractivity contribution in [3.05, 3.63) is 65.7 Å². The molecule has 30 heavy (non-hydrogen) atoms. The summed E-state index contributed by atoms with van der Waals surface area (Å²) in [7, 11) is 1.88. The fraction of sp³-hybridized carbons (Fsp3) is 0.364. The molecule has 0 radical (unpaired) electrons. The van der Waals surface area contributed by atoms with Gasteiger partial charge in [-0.05, 0) is 30.3 Å². The summed E-state index contributed by atoms with van der Waals surface area (Å²) in [4.78, 5) is 28.6. The Kier molecular flexibility index (Phi) is 7.48. The lowest BCUT2D eigenvalue weighted by Crippen LogP contribution is -3.16. The van der Waals surface area contributed by atoms with Gasteiger partial charge in [0.15, 0.2) is 13.1 Å². The number of carbonyl (C=O) groups is 2. The molecule has 1 heterocycles. The summed E-state index contributed by atoms with van der Waals surface area (Å²) in [6.07, 6.45) is 0. The Labute approximate surface area is 175 Å². The van der Waals surface area contributed by atoms with Gasteiger partial charge in [0.25, 0.3) is 11.8 Å². The van der Waals surface area contributed by atoms with Gasteiger partial charge in [0, 0.05) is 11.3 Å². The van der Waals surface area contributed by atoms with Gasteiger partial charge in [-0.25, -0.2) is 8.78 Å². The van der Waals surface area contributed by atoms with Gasteiger partial charge >= 0.3 is 0 Å². The Morgan fingerprint density at radius 3 is 2.40 bits per heavy atom. The molecule has 0 spiro atoms. The third-order valence-electron chi connectivity index (χ3n) is 5.26. The molecule has 2 aromatic rings. The molecular formula is C22H28F2N4O2+2. The van der Waals surface area contributed by atoms with Crippen LogP contribution in [-0.2, 0) is 16.1 Å². The van der Waals surface area contributed by atoms with E-state index in [1.165, 1.54) is 30.3 Å². The van der Waals surface area contributed by atoms with Crippen molar-refractivity contribution in [3.63, 3.8) is 0 Å². The molecule has 6 nitrogen and oxygen atoms in total. The van der Waals surface area contributed by atoms with Gasteiger partial charge in [-0.3, -0.25) is 9.59 Å². The van der Waals surface area contributed by atoms with E-state index < -0.39 is 0 Å². The van der Waals surface area contributed by atoms with E-state index in [4.69, 9.17) is 0 Å². The van der Waals surface area contributed by atoms with Gasteiger partial charge in [0.1, 0.15) is 18.2 Å². The number of rotatable bonds is 7. The maximum Gasteiger partial charge on any atom is 0.279 e. The average Bonchev–Trinajstić information content (AvgIpc) is 2.72. The number of benzene rings is 2. The van der Waals surface area contributed by atoms with Crippen molar-refractivity contribution in [2.24, 2.45) is 0 Å². The van der Waals surface area contributed by atoms with Crippen molar-refractivity contribution in [1.82, 2.24) is 4.90 Å². The number of hydrogen-bond donors (Lipinski definition) is 3. The number of nitrogens with one attached hydrogen (secondary N) is 3. The van der Waals surface area contributed by atoms with E-state index >= 15 is 0 Å². The first-order valence-corrected chi connectivity index (χ1v) is 10.1. The molecule has 0 aliphatic carbocycles. The zero-order valence-corrected chi connectivity index (χ0v) is 17.1. The Hall–Kier alpha value is -2.84. The summed E-state index contributed by atoms with van der Waals surface area (Å²) in [6, 6.07) is 12.3. The molecule has 0 saturated carbocycles. The van der Waals surface area contributed by atoms with Gasteiger partial charge in [0.2, 0.25) is 0 Å². The Morgan fingerprint density at radius 2 is 1.73 bits per heavy atom. The summed E-state index contributed by atoms with van der Waals surface area (Å²) in [5.74, 6) is -0.690. The van der Waals surface area contributed by atoms with E-state index in [2.05, 4.69) is 5.32 Å². The minimum Gasteiger partial charge on any atom is -0.327 e. The largest absolute Gasteiger partial charge is 0.327 e. The predicted molar refractivity (Wildman–Crippen MR) is 109 cm³/mol. The molecule has 1 fully saturated rings. The van der Waals surface area contributed by atoms with Gasteiger partial charge in [-0.1, -0.05) is 18.2 Å². The smallest absolute Gasteiger partial charge is 0.279 e. The van der Waals surface area contributed by atoms with Crippen molar-refractivity contribution in [3.8, 4) is 0 Å². The van der Waals surface area contributed by atoms with Gasteiger partial charge in [0.05, 0.1) is 33.2 Å². The van der Waals surface area contributed by atoms with Crippen LogP contribution in [0.3, 0.4) is 0 Å². The van der Waals surface area contributed by atoms with Crippen LogP contribution in [0.1, 0.15) is 5.56 Å². The van der Waals surface area contributed by atoms with Crippen molar-refractivity contribution < 1.29 is 28.2 Å². The average molecular weight is 418 g/mol. The molecule has 160 valence electrons. The van der Waals surface area contributed by atoms with Crippen molar-refractivity contribution >= 4 is 17.5 Å². The first kappa shape index (κ1) is 21.9. The second-order valence-electron chi connectivity index (χ2n) is 7.76. The minimum atomic E-state index is -0.346. The first-order chi connectivity index (χ1) is 14.4. The zero-order chi connectivity index (χ0) is 21.5. The first-order valence-electron chi connectivity index (χ1n) is 10.1. The second kappa shape index (κ2) is 10.3. The normalized spacial score (nSPS) is 15.6. The molecular weight excluding hydrogens is 390 g/mol. The molecule has 1 aliphatic heterocycles. The van der Waals surface area contributed by atoms with Crippen molar-refractivity contribution in [1.29, 1.82) is 0 Å². The summed E-state index contributed by atoms with van der Waals surface area (Å²) in [6.45, 7) is 3.61. The Morgan fingerprint density at radius 1 is 1.07 bits per heavy atom. The topological polar surface area (TPSA) is 58.3 Å². The molecule has 0 aromatic heterocycles. The highest BCUT2D eigenvalue weighted by Gasteiger charge is 2.27. The number of piperazine rings is 1. The lowest BCUT2D eigenvalue weighted by Gasteiger charge is -2.32. The van der Waals surface area contributed by atoms with Crippen LogP contribution >= 0.6 is 0 Å². The van der Waals surface area contributed by atoms with E-state index in [0.717, 1.165) is 9.80 Å². The third-order valence-corrected chi connectivity index (χ3v) is 5.26. The monoisotopic (exact) mass is 418 g/mol. The van der Waals surface area contributed by atoms with E-state index in [1.807, 2.05) is 11.9 Å². The molecule has 3 rings (SSSR count). The van der Waals surface area contributed by atoms with Crippen molar-refractivity contribution in [2.45, 2.75) is 6.54 Å². The number of halogens is 2. The summed E-state index contributed by atoms with van der Waals surface area (Å²) in [5, 5.41) is 2.76.